The maximum Gasteiger partial charge on any atom is 0.160 e. The van der Waals surface area contributed by atoms with E-state index >= 15 is 0 Å². The number of nitriles is 1. The SMILES string of the molecule is N#Cc1ccc2c(c1)c1ccc3c4ccccc4oc3c1n2-c1cccc(-c2cccc(-n3c4ccccc4c4ccccc43)c2)c1. The molecule has 4 heteroatoms. The van der Waals surface area contributed by atoms with Gasteiger partial charge < -0.3 is 13.6 Å². The number of aromatic nitrogens is 2. The Kier molecular flexibility index (Phi) is 5.32. The van der Waals surface area contributed by atoms with Gasteiger partial charge in [0.25, 0.3) is 0 Å². The second-order valence-electron chi connectivity index (χ2n) is 12.1. The van der Waals surface area contributed by atoms with Gasteiger partial charge in [-0.05, 0) is 77.9 Å². The van der Waals surface area contributed by atoms with Crippen LogP contribution in [0, 0.1) is 11.3 Å². The molecule has 0 saturated heterocycles. The molecule has 3 heterocycles. The highest BCUT2D eigenvalue weighted by molar-refractivity contribution is 6.21. The van der Waals surface area contributed by atoms with Crippen molar-refractivity contribution in [2.75, 3.05) is 0 Å². The molecule has 0 N–H and O–H groups in total. The maximum absolute atomic E-state index is 9.75. The summed E-state index contributed by atoms with van der Waals surface area (Å²) in [5, 5.41) is 16.5. The molecule has 0 spiro atoms. The first-order chi connectivity index (χ1) is 23.3. The molecule has 10 rings (SSSR count). The first-order valence-corrected chi connectivity index (χ1v) is 15.7. The molecule has 0 aliphatic carbocycles. The number of hydrogen-bond acceptors (Lipinski definition) is 2. The summed E-state index contributed by atoms with van der Waals surface area (Å²) >= 11 is 0. The Morgan fingerprint density at radius 1 is 0.447 bits per heavy atom. The van der Waals surface area contributed by atoms with Gasteiger partial charge in [-0.2, -0.15) is 5.26 Å². The topological polar surface area (TPSA) is 46.8 Å². The first-order valence-electron chi connectivity index (χ1n) is 15.7. The highest BCUT2D eigenvalue weighted by atomic mass is 16.3. The van der Waals surface area contributed by atoms with E-state index in [1.54, 1.807) is 0 Å². The minimum absolute atomic E-state index is 0.636. The minimum Gasteiger partial charge on any atom is -0.454 e. The lowest BCUT2D eigenvalue weighted by Crippen LogP contribution is -1.96. The number of fused-ring (bicyclic) bond motifs is 10. The van der Waals surface area contributed by atoms with Crippen LogP contribution in [0.25, 0.3) is 88.1 Å². The fraction of sp³-hybridized carbons (Fsp3) is 0. The third-order valence-electron chi connectivity index (χ3n) is 9.52. The van der Waals surface area contributed by atoms with E-state index < -0.39 is 0 Å². The molecule has 10 aromatic rings. The number of para-hydroxylation sites is 3. The van der Waals surface area contributed by atoms with Gasteiger partial charge in [0.1, 0.15) is 5.58 Å². The predicted octanol–water partition coefficient (Wildman–Crippen LogP) is 11.3. The van der Waals surface area contributed by atoms with E-state index in [9.17, 15) is 5.26 Å². The van der Waals surface area contributed by atoms with Crippen molar-refractivity contribution >= 4 is 65.6 Å². The van der Waals surface area contributed by atoms with Gasteiger partial charge in [0.15, 0.2) is 5.58 Å². The molecule has 3 aromatic heterocycles. The quantitative estimate of drug-likeness (QED) is 0.203. The number of furan rings is 1. The van der Waals surface area contributed by atoms with Crippen LogP contribution in [0.2, 0.25) is 0 Å². The predicted molar refractivity (Wildman–Crippen MR) is 193 cm³/mol. The third-order valence-corrected chi connectivity index (χ3v) is 9.52. The van der Waals surface area contributed by atoms with Gasteiger partial charge in [-0.25, -0.2) is 0 Å². The Hall–Kier alpha value is -6.57. The highest BCUT2D eigenvalue weighted by Crippen LogP contribution is 2.41. The largest absolute Gasteiger partial charge is 0.454 e. The van der Waals surface area contributed by atoms with Crippen molar-refractivity contribution < 1.29 is 4.42 Å². The summed E-state index contributed by atoms with van der Waals surface area (Å²) < 4.78 is 11.2. The maximum atomic E-state index is 9.75. The molecule has 0 aliphatic heterocycles. The summed E-state index contributed by atoms with van der Waals surface area (Å²) in [4.78, 5) is 0. The lowest BCUT2D eigenvalue weighted by Gasteiger charge is -2.13. The minimum atomic E-state index is 0.636. The Labute approximate surface area is 269 Å². The van der Waals surface area contributed by atoms with E-state index in [1.807, 2.05) is 30.3 Å². The number of hydrogen-bond donors (Lipinski definition) is 0. The zero-order chi connectivity index (χ0) is 31.1. The van der Waals surface area contributed by atoms with E-state index in [4.69, 9.17) is 4.42 Å². The molecule has 0 saturated carbocycles. The molecular weight excluding hydrogens is 574 g/mol. The van der Waals surface area contributed by atoms with Crippen molar-refractivity contribution in [2.45, 2.75) is 0 Å². The molecular formula is C43H25N3O. The van der Waals surface area contributed by atoms with Crippen LogP contribution in [0.4, 0.5) is 0 Å². The normalized spacial score (nSPS) is 11.8. The first kappa shape index (κ1) is 25.7. The molecule has 218 valence electrons. The van der Waals surface area contributed by atoms with E-state index in [0.717, 1.165) is 66.2 Å². The Bertz CT molecular complexity index is 2880. The molecule has 0 unspecified atom stereocenters. The van der Waals surface area contributed by atoms with Gasteiger partial charge in [0.05, 0.1) is 33.7 Å². The van der Waals surface area contributed by atoms with Crippen LogP contribution in [-0.2, 0) is 0 Å². The molecule has 7 aromatic carbocycles. The highest BCUT2D eigenvalue weighted by Gasteiger charge is 2.20. The lowest BCUT2D eigenvalue weighted by atomic mass is 10.0. The Morgan fingerprint density at radius 2 is 1.04 bits per heavy atom. The van der Waals surface area contributed by atoms with Crippen molar-refractivity contribution in [1.82, 2.24) is 9.13 Å². The van der Waals surface area contributed by atoms with Gasteiger partial charge in [-0.15, -0.1) is 0 Å². The van der Waals surface area contributed by atoms with Gasteiger partial charge in [0, 0.05) is 43.7 Å². The zero-order valence-electron chi connectivity index (χ0n) is 25.2. The van der Waals surface area contributed by atoms with Crippen LogP contribution in [0.1, 0.15) is 5.56 Å². The Balaban J connectivity index is 1.21. The standard InChI is InChI=1S/C43H25N3O/c44-26-27-19-22-40-37(23-27)35-20-21-36-34-15-3-6-18-41(34)47-43(36)42(35)46(40)31-12-8-10-29(25-31)28-9-7-11-30(24-28)45-38-16-4-1-13-32(38)33-14-2-5-17-39(33)45/h1-25H. The summed E-state index contributed by atoms with van der Waals surface area (Å²) in [5.41, 5.74) is 11.2. The van der Waals surface area contributed by atoms with Gasteiger partial charge in [0.2, 0.25) is 0 Å². The monoisotopic (exact) mass is 599 g/mol. The van der Waals surface area contributed by atoms with Crippen molar-refractivity contribution in [2.24, 2.45) is 0 Å². The average molecular weight is 600 g/mol. The molecule has 0 amide bonds. The second-order valence-corrected chi connectivity index (χ2v) is 12.1. The Morgan fingerprint density at radius 3 is 1.74 bits per heavy atom. The van der Waals surface area contributed by atoms with Crippen LogP contribution in [0.5, 0.6) is 0 Å². The number of rotatable bonds is 3. The molecule has 0 bridgehead atoms. The van der Waals surface area contributed by atoms with Crippen LogP contribution in [0.3, 0.4) is 0 Å². The van der Waals surface area contributed by atoms with Crippen LogP contribution in [0.15, 0.2) is 156 Å². The summed E-state index contributed by atoms with van der Waals surface area (Å²) in [6.07, 6.45) is 0. The van der Waals surface area contributed by atoms with Crippen molar-refractivity contribution in [1.29, 1.82) is 5.26 Å². The van der Waals surface area contributed by atoms with E-state index in [1.165, 1.54) is 21.8 Å². The van der Waals surface area contributed by atoms with E-state index in [0.29, 0.717) is 5.56 Å². The molecule has 47 heavy (non-hydrogen) atoms. The average Bonchev–Trinajstić information content (AvgIpc) is 3.79. The second kappa shape index (κ2) is 9.71. The van der Waals surface area contributed by atoms with Gasteiger partial charge in [-0.3, -0.25) is 0 Å². The summed E-state index contributed by atoms with van der Waals surface area (Å²) in [6, 6.07) is 55.5. The van der Waals surface area contributed by atoms with Crippen LogP contribution >= 0.6 is 0 Å². The molecule has 4 nitrogen and oxygen atoms in total. The molecule has 0 aliphatic rings. The van der Waals surface area contributed by atoms with E-state index in [2.05, 4.69) is 137 Å². The summed E-state index contributed by atoms with van der Waals surface area (Å²) in [7, 11) is 0. The van der Waals surface area contributed by atoms with E-state index in [-0.39, 0.29) is 0 Å². The van der Waals surface area contributed by atoms with Crippen molar-refractivity contribution in [3.05, 3.63) is 157 Å². The lowest BCUT2D eigenvalue weighted by molar-refractivity contribution is 0.671. The number of nitrogens with zero attached hydrogens (tertiary/aromatic N) is 3. The third kappa shape index (κ3) is 3.69. The fourth-order valence-corrected chi connectivity index (χ4v) is 7.47. The molecule has 0 atom stereocenters. The van der Waals surface area contributed by atoms with Crippen LogP contribution in [-0.4, -0.2) is 9.13 Å². The van der Waals surface area contributed by atoms with Crippen molar-refractivity contribution in [3.63, 3.8) is 0 Å². The van der Waals surface area contributed by atoms with Crippen molar-refractivity contribution in [3.8, 4) is 28.6 Å². The van der Waals surface area contributed by atoms with Crippen LogP contribution < -0.4 is 0 Å². The van der Waals surface area contributed by atoms with Gasteiger partial charge >= 0.3 is 0 Å². The van der Waals surface area contributed by atoms with Gasteiger partial charge in [-0.1, -0.05) is 84.9 Å². The number of benzene rings is 7. The fourth-order valence-electron chi connectivity index (χ4n) is 7.47. The smallest absolute Gasteiger partial charge is 0.160 e. The molecule has 0 fully saturated rings. The summed E-state index contributed by atoms with van der Waals surface area (Å²) in [6.45, 7) is 0. The summed E-state index contributed by atoms with van der Waals surface area (Å²) in [5.74, 6) is 0. The zero-order valence-corrected chi connectivity index (χ0v) is 25.2. The molecule has 0 radical (unpaired) electrons.